The molecule has 0 aliphatic carbocycles. The molecular weight excluding hydrogens is 226 g/mol. The molecule has 0 spiro atoms. The van der Waals surface area contributed by atoms with Crippen LogP contribution in [0.15, 0.2) is 24.5 Å². The summed E-state index contributed by atoms with van der Waals surface area (Å²) >= 11 is 0. The maximum Gasteiger partial charge on any atom is 0.227 e. The van der Waals surface area contributed by atoms with E-state index in [4.69, 9.17) is 5.73 Å². The number of nitrogens with one attached hydrogen (secondary N) is 1. The number of carbonyl (C=O) groups is 1. The number of hydrogen-bond acceptors (Lipinski definition) is 3. The lowest BCUT2D eigenvalue weighted by atomic mass is 9.74. The maximum atomic E-state index is 12.3. The van der Waals surface area contributed by atoms with E-state index in [1.54, 1.807) is 12.4 Å². The molecule has 4 heteroatoms. The number of carbonyl (C=O) groups excluding carboxylic acids is 1. The average Bonchev–Trinajstić information content (AvgIpc) is 2.28. The van der Waals surface area contributed by atoms with E-state index in [0.717, 1.165) is 5.56 Å². The van der Waals surface area contributed by atoms with Gasteiger partial charge in [-0.3, -0.25) is 9.78 Å². The maximum absolute atomic E-state index is 12.3. The van der Waals surface area contributed by atoms with Gasteiger partial charge < -0.3 is 11.1 Å². The van der Waals surface area contributed by atoms with Gasteiger partial charge in [0.1, 0.15) is 0 Å². The number of rotatable bonds is 4. The van der Waals surface area contributed by atoms with Gasteiger partial charge in [-0.25, -0.2) is 0 Å². The van der Waals surface area contributed by atoms with Crippen molar-refractivity contribution >= 4 is 5.91 Å². The zero-order chi connectivity index (χ0) is 14.0. The molecule has 18 heavy (non-hydrogen) atoms. The van der Waals surface area contributed by atoms with Gasteiger partial charge >= 0.3 is 0 Å². The molecule has 1 aromatic rings. The highest BCUT2D eigenvalue weighted by Crippen LogP contribution is 2.29. The predicted octanol–water partition coefficient (Wildman–Crippen LogP) is 2.02. The Morgan fingerprint density at radius 1 is 1.39 bits per heavy atom. The van der Waals surface area contributed by atoms with Gasteiger partial charge in [-0.2, -0.15) is 0 Å². The second-order valence-electron chi connectivity index (χ2n) is 5.83. The third kappa shape index (κ3) is 3.07. The Labute approximate surface area is 109 Å². The van der Waals surface area contributed by atoms with Crippen molar-refractivity contribution in [2.45, 2.75) is 46.2 Å². The molecule has 0 saturated carbocycles. The van der Waals surface area contributed by atoms with Gasteiger partial charge in [0, 0.05) is 17.9 Å². The van der Waals surface area contributed by atoms with Crippen molar-refractivity contribution in [2.24, 2.45) is 11.1 Å². The Balaban J connectivity index is 2.78. The first-order chi connectivity index (χ1) is 8.16. The van der Waals surface area contributed by atoms with Crippen molar-refractivity contribution in [3.05, 3.63) is 30.1 Å². The van der Waals surface area contributed by atoms with Gasteiger partial charge in [-0.15, -0.1) is 0 Å². The molecule has 0 radical (unpaired) electrons. The topological polar surface area (TPSA) is 68.0 Å². The van der Waals surface area contributed by atoms with E-state index in [0.29, 0.717) is 0 Å². The van der Waals surface area contributed by atoms with Crippen LogP contribution in [0.3, 0.4) is 0 Å². The lowest BCUT2D eigenvalue weighted by molar-refractivity contribution is -0.132. The van der Waals surface area contributed by atoms with E-state index in [9.17, 15) is 4.79 Å². The number of amides is 1. The van der Waals surface area contributed by atoms with Gasteiger partial charge in [-0.05, 0) is 46.2 Å². The van der Waals surface area contributed by atoms with Crippen molar-refractivity contribution in [2.75, 3.05) is 0 Å². The Kier molecular flexibility index (Phi) is 4.12. The first-order valence-electron chi connectivity index (χ1n) is 6.16. The highest BCUT2D eigenvalue weighted by molar-refractivity contribution is 5.83. The van der Waals surface area contributed by atoms with Crippen LogP contribution < -0.4 is 11.1 Å². The molecule has 100 valence electrons. The molecule has 0 unspecified atom stereocenters. The molecule has 1 aromatic heterocycles. The predicted molar refractivity (Wildman–Crippen MR) is 72.8 cm³/mol. The summed E-state index contributed by atoms with van der Waals surface area (Å²) in [4.78, 5) is 16.3. The van der Waals surface area contributed by atoms with E-state index in [1.807, 2.05) is 46.8 Å². The molecule has 1 heterocycles. The molecule has 0 aliphatic rings. The highest BCUT2D eigenvalue weighted by atomic mass is 16.2. The molecule has 1 rings (SSSR count). The molecule has 1 amide bonds. The van der Waals surface area contributed by atoms with Crippen molar-refractivity contribution in [3.63, 3.8) is 0 Å². The minimum atomic E-state index is -0.635. The Morgan fingerprint density at radius 3 is 2.44 bits per heavy atom. The van der Waals surface area contributed by atoms with Crippen LogP contribution in [0.2, 0.25) is 0 Å². The smallest absolute Gasteiger partial charge is 0.227 e. The van der Waals surface area contributed by atoms with Crippen molar-refractivity contribution < 1.29 is 4.79 Å². The summed E-state index contributed by atoms with van der Waals surface area (Å²) in [7, 11) is 0. The SMILES string of the molecule is C[C@H](NC(=O)C(C)(C)C(C)(C)N)c1cccnc1. The highest BCUT2D eigenvalue weighted by Gasteiger charge is 2.40. The van der Waals surface area contributed by atoms with Crippen LogP contribution in [0.25, 0.3) is 0 Å². The first-order valence-corrected chi connectivity index (χ1v) is 6.16. The van der Waals surface area contributed by atoms with Crippen LogP contribution in [0.1, 0.15) is 46.2 Å². The summed E-state index contributed by atoms with van der Waals surface area (Å²) in [6.45, 7) is 9.38. The number of nitrogens with two attached hydrogens (primary N) is 1. The summed E-state index contributed by atoms with van der Waals surface area (Å²) in [6.07, 6.45) is 3.47. The molecule has 0 bridgehead atoms. The van der Waals surface area contributed by atoms with Crippen LogP contribution in [0.4, 0.5) is 0 Å². The first kappa shape index (κ1) is 14.6. The van der Waals surface area contributed by atoms with Crippen molar-refractivity contribution in [1.29, 1.82) is 0 Å². The van der Waals surface area contributed by atoms with E-state index in [2.05, 4.69) is 10.3 Å². The third-order valence-corrected chi connectivity index (χ3v) is 3.71. The summed E-state index contributed by atoms with van der Waals surface area (Å²) in [5, 5.41) is 2.98. The standard InChI is InChI=1S/C14H23N3O/c1-10(11-7-6-8-16-9-11)17-12(18)13(2,3)14(4,5)15/h6-10H,15H2,1-5H3,(H,17,18)/t10-/m0/s1. The molecule has 0 saturated heterocycles. The van der Waals surface area contributed by atoms with Gasteiger partial charge in [0.15, 0.2) is 0 Å². The van der Waals surface area contributed by atoms with Gasteiger partial charge in [0.05, 0.1) is 11.5 Å². The molecule has 1 atom stereocenters. The Hall–Kier alpha value is -1.42. The van der Waals surface area contributed by atoms with Crippen LogP contribution in [0, 0.1) is 5.41 Å². The van der Waals surface area contributed by atoms with Crippen molar-refractivity contribution in [1.82, 2.24) is 10.3 Å². The van der Waals surface area contributed by atoms with Crippen LogP contribution in [0.5, 0.6) is 0 Å². The number of aromatic nitrogens is 1. The summed E-state index contributed by atoms with van der Waals surface area (Å²) in [5.41, 5.74) is 5.83. The molecule has 3 N–H and O–H groups in total. The van der Waals surface area contributed by atoms with Crippen LogP contribution >= 0.6 is 0 Å². The fourth-order valence-corrected chi connectivity index (χ4v) is 1.39. The quantitative estimate of drug-likeness (QED) is 0.858. The number of hydrogen-bond donors (Lipinski definition) is 2. The lowest BCUT2D eigenvalue weighted by Gasteiger charge is -2.37. The fraction of sp³-hybridized carbons (Fsp3) is 0.571. The molecule has 0 aliphatic heterocycles. The minimum absolute atomic E-state index is 0.0497. The normalized spacial score (nSPS) is 14.1. The van der Waals surface area contributed by atoms with E-state index < -0.39 is 11.0 Å². The summed E-state index contributed by atoms with van der Waals surface area (Å²) < 4.78 is 0. The van der Waals surface area contributed by atoms with E-state index in [1.165, 1.54) is 0 Å². The van der Waals surface area contributed by atoms with Gasteiger partial charge in [0.2, 0.25) is 5.91 Å². The van der Waals surface area contributed by atoms with Crippen LogP contribution in [-0.2, 0) is 4.79 Å². The van der Waals surface area contributed by atoms with Crippen molar-refractivity contribution in [3.8, 4) is 0 Å². The van der Waals surface area contributed by atoms with Gasteiger partial charge in [-0.1, -0.05) is 6.07 Å². The molecule has 0 aromatic carbocycles. The Morgan fingerprint density at radius 2 is 2.00 bits per heavy atom. The lowest BCUT2D eigenvalue weighted by Crippen LogP contribution is -2.55. The molecule has 0 fully saturated rings. The summed E-state index contributed by atoms with van der Waals surface area (Å²) in [6, 6.07) is 3.72. The average molecular weight is 249 g/mol. The zero-order valence-electron chi connectivity index (χ0n) is 11.8. The zero-order valence-corrected chi connectivity index (χ0v) is 11.8. The fourth-order valence-electron chi connectivity index (χ4n) is 1.39. The second kappa shape index (κ2) is 5.06. The molecule has 4 nitrogen and oxygen atoms in total. The second-order valence-corrected chi connectivity index (χ2v) is 5.83. The number of pyridine rings is 1. The van der Waals surface area contributed by atoms with Gasteiger partial charge in [0.25, 0.3) is 0 Å². The largest absolute Gasteiger partial charge is 0.349 e. The van der Waals surface area contributed by atoms with E-state index in [-0.39, 0.29) is 11.9 Å². The minimum Gasteiger partial charge on any atom is -0.349 e. The summed E-state index contributed by atoms with van der Waals surface area (Å²) in [5.74, 6) is -0.0497. The Bertz CT molecular complexity index is 407. The monoisotopic (exact) mass is 249 g/mol. The molecular formula is C14H23N3O. The van der Waals surface area contributed by atoms with E-state index >= 15 is 0 Å². The number of nitrogens with zero attached hydrogens (tertiary/aromatic N) is 1. The third-order valence-electron chi connectivity index (χ3n) is 3.71. The van der Waals surface area contributed by atoms with Crippen LogP contribution in [-0.4, -0.2) is 16.4 Å².